The summed E-state index contributed by atoms with van der Waals surface area (Å²) in [6.45, 7) is 1.84. The summed E-state index contributed by atoms with van der Waals surface area (Å²) in [5.74, 6) is -0.235. The summed E-state index contributed by atoms with van der Waals surface area (Å²) in [7, 11) is 0. The number of carbonyl (C=O) groups is 1. The molecule has 17 unspecified atom stereocenters. The summed E-state index contributed by atoms with van der Waals surface area (Å²) in [5, 5.41) is 121. The number of aliphatic hydroxyl groups is 11. The van der Waals surface area contributed by atoms with Crippen LogP contribution in [0.1, 0.15) is 296 Å². The van der Waals surface area contributed by atoms with E-state index in [9.17, 15) is 61.0 Å². The highest BCUT2D eigenvalue weighted by atomic mass is 16.8. The van der Waals surface area contributed by atoms with Gasteiger partial charge in [0.2, 0.25) is 5.91 Å². The molecule has 3 rings (SSSR count). The van der Waals surface area contributed by atoms with Gasteiger partial charge in [-0.05, 0) is 12.8 Å². The third-order valence-electron chi connectivity index (χ3n) is 18.4. The van der Waals surface area contributed by atoms with Crippen LogP contribution in [0.15, 0.2) is 0 Å². The summed E-state index contributed by atoms with van der Waals surface area (Å²) >= 11 is 0. The fourth-order valence-corrected chi connectivity index (χ4v) is 12.6. The van der Waals surface area contributed by atoms with E-state index in [0.29, 0.717) is 12.8 Å². The minimum atomic E-state index is -1.97. The molecular weight excluding hydrogens is 1120 g/mol. The van der Waals surface area contributed by atoms with Crippen molar-refractivity contribution in [3.63, 3.8) is 0 Å². The van der Waals surface area contributed by atoms with Crippen LogP contribution in [0.3, 0.4) is 0 Å². The molecule has 0 aromatic rings. The second-order valence-corrected chi connectivity index (χ2v) is 26.1. The highest BCUT2D eigenvalue weighted by Gasteiger charge is 2.53. The van der Waals surface area contributed by atoms with E-state index >= 15 is 0 Å². The fraction of sp³-hybridized carbons (Fsp3) is 0.985. The summed E-state index contributed by atoms with van der Waals surface area (Å²) in [4.78, 5) is 13.4. The van der Waals surface area contributed by atoms with Crippen LogP contribution in [-0.4, -0.2) is 193 Å². The minimum absolute atomic E-state index is 0.235. The van der Waals surface area contributed by atoms with Gasteiger partial charge in [0.25, 0.3) is 0 Å². The molecule has 0 aliphatic carbocycles. The molecule has 3 aliphatic rings. The van der Waals surface area contributed by atoms with Crippen molar-refractivity contribution in [2.45, 2.75) is 401 Å². The van der Waals surface area contributed by atoms with Crippen LogP contribution in [-0.2, 0) is 33.2 Å². The van der Waals surface area contributed by atoms with E-state index in [1.165, 1.54) is 218 Å². The average Bonchev–Trinajstić information content (AvgIpc) is 1.12. The number of amides is 1. The molecule has 3 heterocycles. The first kappa shape index (κ1) is 80.0. The number of aliphatic hydroxyl groups excluding tert-OH is 11. The van der Waals surface area contributed by atoms with Gasteiger partial charge in [-0.15, -0.1) is 0 Å². The second kappa shape index (κ2) is 51.2. The van der Waals surface area contributed by atoms with Crippen LogP contribution in [0.5, 0.6) is 0 Å². The van der Waals surface area contributed by atoms with Gasteiger partial charge in [0.15, 0.2) is 18.9 Å². The lowest BCUT2D eigenvalue weighted by Gasteiger charge is -2.48. The van der Waals surface area contributed by atoms with Crippen LogP contribution < -0.4 is 5.32 Å². The Morgan fingerprint density at radius 1 is 0.368 bits per heavy atom. The first-order valence-electron chi connectivity index (χ1n) is 35.8. The Kier molecular flexibility index (Phi) is 47.1. The van der Waals surface area contributed by atoms with Crippen molar-refractivity contribution in [3.05, 3.63) is 0 Å². The monoisotopic (exact) mass is 1250 g/mol. The van der Waals surface area contributed by atoms with E-state index in [0.717, 1.165) is 44.9 Å². The Hall–Kier alpha value is -1.21. The Bertz CT molecular complexity index is 1590. The van der Waals surface area contributed by atoms with E-state index in [2.05, 4.69) is 19.2 Å². The number of hydrogen-bond donors (Lipinski definition) is 12. The molecule has 3 saturated heterocycles. The van der Waals surface area contributed by atoms with E-state index in [4.69, 9.17) is 28.4 Å². The van der Waals surface area contributed by atoms with Gasteiger partial charge in [-0.1, -0.05) is 277 Å². The SMILES string of the molecule is CCCCCCCCCCCCCCCCCCCCCCCCCCCCC(=O)NC(COC1OC(CO)C(OC2OC(CO)C(OC3OC(CO)C(O)C(O)C3O)C(O)C2O)C(O)C1O)C(O)CCCCCCCCCCCCCCCCCC. The second-order valence-electron chi connectivity index (χ2n) is 26.1. The topological polar surface area (TPSA) is 307 Å². The molecule has 12 N–H and O–H groups in total. The van der Waals surface area contributed by atoms with E-state index in [1.807, 2.05) is 0 Å². The van der Waals surface area contributed by atoms with Gasteiger partial charge in [0, 0.05) is 6.42 Å². The highest BCUT2D eigenvalue weighted by molar-refractivity contribution is 5.76. The molecule has 3 aliphatic heterocycles. The van der Waals surface area contributed by atoms with Gasteiger partial charge in [0.05, 0.1) is 38.6 Å². The van der Waals surface area contributed by atoms with Crippen molar-refractivity contribution in [1.29, 1.82) is 0 Å². The van der Waals surface area contributed by atoms with Gasteiger partial charge in [0.1, 0.15) is 73.2 Å². The molecule has 0 aromatic heterocycles. The average molecular weight is 1250 g/mol. The molecule has 0 saturated carbocycles. The Morgan fingerprint density at radius 2 is 0.655 bits per heavy atom. The predicted molar refractivity (Wildman–Crippen MR) is 337 cm³/mol. The zero-order chi connectivity index (χ0) is 63.3. The van der Waals surface area contributed by atoms with Gasteiger partial charge in [-0.2, -0.15) is 0 Å². The Morgan fingerprint density at radius 3 is 1.00 bits per heavy atom. The number of unbranched alkanes of at least 4 members (excludes halogenated alkanes) is 40. The molecule has 0 radical (unpaired) electrons. The van der Waals surface area contributed by atoms with Gasteiger partial charge < -0.3 is 89.9 Å². The summed E-state index contributed by atoms with van der Waals surface area (Å²) in [5.41, 5.74) is 0. The lowest BCUT2D eigenvalue weighted by molar-refractivity contribution is -0.379. The summed E-state index contributed by atoms with van der Waals surface area (Å²) in [6.07, 6.45) is 27.6. The van der Waals surface area contributed by atoms with Crippen molar-refractivity contribution in [2.24, 2.45) is 0 Å². The third kappa shape index (κ3) is 33.5. The van der Waals surface area contributed by atoms with Crippen molar-refractivity contribution >= 4 is 5.91 Å². The van der Waals surface area contributed by atoms with Crippen LogP contribution in [0.4, 0.5) is 0 Å². The number of ether oxygens (including phenoxy) is 6. The number of nitrogens with one attached hydrogen (secondary N) is 1. The fourth-order valence-electron chi connectivity index (χ4n) is 12.6. The predicted octanol–water partition coefficient (Wildman–Crippen LogP) is 9.50. The molecule has 17 atom stereocenters. The standard InChI is InChI=1S/C68H131NO18/c1-3-5-7-9-11-13-15-17-19-21-22-23-24-25-26-27-28-29-30-32-34-36-38-40-42-44-46-56(74)69-51(52(73)45-43-41-39-37-35-33-31-20-18-16-14-12-10-8-6-4-2)50-82-66-62(80)59(77)64(54(48-71)84-66)87-68-63(81)60(78)65(55(49-72)85-68)86-67-61(79)58(76)57(75)53(47-70)83-67/h51-55,57-68,70-73,75-81H,3-50H2,1-2H3,(H,69,74). The van der Waals surface area contributed by atoms with Crippen LogP contribution in [0.2, 0.25) is 0 Å². The molecule has 3 fully saturated rings. The van der Waals surface area contributed by atoms with Crippen LogP contribution in [0, 0.1) is 0 Å². The minimum Gasteiger partial charge on any atom is -0.394 e. The maximum absolute atomic E-state index is 13.4. The zero-order valence-corrected chi connectivity index (χ0v) is 54.5. The quantitative estimate of drug-likeness (QED) is 0.0252. The Balaban J connectivity index is 1.40. The number of hydrogen-bond acceptors (Lipinski definition) is 18. The smallest absolute Gasteiger partial charge is 0.220 e. The van der Waals surface area contributed by atoms with Crippen molar-refractivity contribution in [1.82, 2.24) is 5.32 Å². The molecule has 19 heteroatoms. The van der Waals surface area contributed by atoms with E-state index in [-0.39, 0.29) is 18.9 Å². The molecule has 1 amide bonds. The van der Waals surface area contributed by atoms with Crippen molar-refractivity contribution in [2.75, 3.05) is 26.4 Å². The van der Waals surface area contributed by atoms with Crippen molar-refractivity contribution in [3.8, 4) is 0 Å². The van der Waals surface area contributed by atoms with E-state index in [1.54, 1.807) is 0 Å². The summed E-state index contributed by atoms with van der Waals surface area (Å²) in [6, 6.07) is -0.881. The Labute approximate surface area is 525 Å². The number of carbonyl (C=O) groups excluding carboxylic acids is 1. The first-order valence-corrected chi connectivity index (χ1v) is 35.8. The lowest BCUT2D eigenvalue weighted by Crippen LogP contribution is -2.66. The maximum Gasteiger partial charge on any atom is 0.220 e. The van der Waals surface area contributed by atoms with Gasteiger partial charge in [-0.25, -0.2) is 0 Å². The molecule has 0 aromatic carbocycles. The molecule has 0 spiro atoms. The summed E-state index contributed by atoms with van der Waals surface area (Å²) < 4.78 is 34.4. The maximum atomic E-state index is 13.4. The molecule has 87 heavy (non-hydrogen) atoms. The van der Waals surface area contributed by atoms with Crippen LogP contribution >= 0.6 is 0 Å². The largest absolute Gasteiger partial charge is 0.394 e. The normalized spacial score (nSPS) is 28.5. The lowest BCUT2D eigenvalue weighted by atomic mass is 9.96. The highest BCUT2D eigenvalue weighted by Crippen LogP contribution is 2.33. The number of rotatable bonds is 56. The molecule has 0 bridgehead atoms. The van der Waals surface area contributed by atoms with Crippen molar-refractivity contribution < 1.29 is 89.4 Å². The third-order valence-corrected chi connectivity index (χ3v) is 18.4. The molecular formula is C68H131NO18. The first-order chi connectivity index (χ1) is 42.3. The van der Waals surface area contributed by atoms with E-state index < -0.39 is 124 Å². The van der Waals surface area contributed by atoms with Crippen LogP contribution in [0.25, 0.3) is 0 Å². The zero-order valence-electron chi connectivity index (χ0n) is 54.5. The molecule has 516 valence electrons. The van der Waals surface area contributed by atoms with Gasteiger partial charge in [-0.3, -0.25) is 4.79 Å². The molecule has 19 nitrogen and oxygen atoms in total. The van der Waals surface area contributed by atoms with Gasteiger partial charge >= 0.3 is 0 Å².